The molecule has 0 unspecified atom stereocenters. The molecule has 2 aromatic rings. The maximum absolute atomic E-state index is 11.9. The first kappa shape index (κ1) is 12.2. The van der Waals surface area contributed by atoms with Gasteiger partial charge in [0, 0.05) is 12.7 Å². The fourth-order valence-corrected chi connectivity index (χ4v) is 1.57. The van der Waals surface area contributed by atoms with E-state index < -0.39 is 0 Å². The maximum Gasteiger partial charge on any atom is 0.277 e. The Hall–Kier alpha value is -2.22. The summed E-state index contributed by atoms with van der Waals surface area (Å²) in [4.78, 5) is 12.1. The summed E-state index contributed by atoms with van der Waals surface area (Å²) < 4.78 is 1.62. The number of rotatable bonds is 3. The zero-order chi connectivity index (χ0) is 13.3. The molecule has 7 nitrogen and oxygen atoms in total. The van der Waals surface area contributed by atoms with Crippen molar-refractivity contribution in [3.05, 3.63) is 29.2 Å². The summed E-state index contributed by atoms with van der Waals surface area (Å²) in [6.45, 7) is 1.86. The summed E-state index contributed by atoms with van der Waals surface area (Å²) >= 11 is 4.84. The van der Waals surface area contributed by atoms with Crippen molar-refractivity contribution in [2.24, 2.45) is 12.8 Å². The molecule has 0 bridgehead atoms. The van der Waals surface area contributed by atoms with E-state index in [9.17, 15) is 4.79 Å². The van der Waals surface area contributed by atoms with Crippen LogP contribution in [0.1, 0.15) is 21.7 Å². The summed E-state index contributed by atoms with van der Waals surface area (Å²) in [7, 11) is 1.77. The van der Waals surface area contributed by atoms with Crippen LogP contribution in [0.3, 0.4) is 0 Å². The van der Waals surface area contributed by atoms with E-state index in [0.717, 1.165) is 5.69 Å². The Bertz CT molecular complexity index is 594. The molecule has 2 heterocycles. The first-order valence-corrected chi connectivity index (χ1v) is 5.55. The molecule has 2 aromatic heterocycles. The quantitative estimate of drug-likeness (QED) is 0.694. The fraction of sp³-hybridized carbons (Fsp3) is 0.200. The Morgan fingerprint density at radius 1 is 1.61 bits per heavy atom. The van der Waals surface area contributed by atoms with E-state index in [1.165, 1.54) is 6.20 Å². The van der Waals surface area contributed by atoms with Gasteiger partial charge in [-0.2, -0.15) is 10.2 Å². The number of carbonyl (C=O) groups excluding carboxylic acids is 1. The third-order valence-electron chi connectivity index (χ3n) is 2.49. The second kappa shape index (κ2) is 4.57. The second-order valence-electron chi connectivity index (χ2n) is 3.77. The highest BCUT2D eigenvalue weighted by Gasteiger charge is 2.15. The Kier molecular flexibility index (Phi) is 3.11. The molecule has 1 amide bonds. The first-order valence-electron chi connectivity index (χ1n) is 5.14. The molecule has 0 aromatic carbocycles. The summed E-state index contributed by atoms with van der Waals surface area (Å²) in [5, 5.41) is 13.1. The molecule has 0 atom stereocenters. The molecule has 0 spiro atoms. The highest BCUT2D eigenvalue weighted by atomic mass is 32.1. The third-order valence-corrected chi connectivity index (χ3v) is 2.71. The van der Waals surface area contributed by atoms with Gasteiger partial charge < -0.3 is 11.1 Å². The summed E-state index contributed by atoms with van der Waals surface area (Å²) in [6.07, 6.45) is 1.46. The number of hydrogen-bond acceptors (Lipinski definition) is 4. The van der Waals surface area contributed by atoms with Crippen LogP contribution in [0.25, 0.3) is 0 Å². The number of aryl methyl sites for hydroxylation is 2. The number of anilines is 1. The van der Waals surface area contributed by atoms with Gasteiger partial charge in [0.25, 0.3) is 5.91 Å². The number of nitrogens with one attached hydrogen (secondary N) is 2. The topological polar surface area (TPSA) is 102 Å². The molecular weight excluding hydrogens is 252 g/mol. The number of hydrogen-bond donors (Lipinski definition) is 3. The van der Waals surface area contributed by atoms with Gasteiger partial charge >= 0.3 is 0 Å². The van der Waals surface area contributed by atoms with Crippen LogP contribution in [0.5, 0.6) is 0 Å². The molecule has 0 aliphatic rings. The standard InChI is InChI=1S/C10H12N6OS/c1-5-3-7(15-16(5)2)10(17)13-9-6(8(11)18)4-12-14-9/h3-4H,1-2H3,(H2,11,18)(H2,12,13,14,17). The van der Waals surface area contributed by atoms with Crippen LogP contribution in [0.4, 0.5) is 5.82 Å². The molecule has 8 heteroatoms. The molecule has 0 radical (unpaired) electrons. The van der Waals surface area contributed by atoms with Crippen LogP contribution in [0.15, 0.2) is 12.3 Å². The molecule has 0 aliphatic carbocycles. The number of aromatic nitrogens is 4. The summed E-state index contributed by atoms with van der Waals surface area (Å²) in [6, 6.07) is 1.69. The van der Waals surface area contributed by atoms with Crippen LogP contribution in [-0.4, -0.2) is 30.9 Å². The van der Waals surface area contributed by atoms with E-state index >= 15 is 0 Å². The number of nitrogens with zero attached hydrogens (tertiary/aromatic N) is 3. The van der Waals surface area contributed by atoms with Gasteiger partial charge in [-0.3, -0.25) is 14.6 Å². The average Bonchev–Trinajstić information content (AvgIpc) is 2.87. The van der Waals surface area contributed by atoms with E-state index in [2.05, 4.69) is 20.6 Å². The minimum absolute atomic E-state index is 0.163. The first-order chi connectivity index (χ1) is 8.49. The number of amides is 1. The van der Waals surface area contributed by atoms with E-state index in [4.69, 9.17) is 18.0 Å². The lowest BCUT2D eigenvalue weighted by atomic mass is 10.3. The van der Waals surface area contributed by atoms with Gasteiger partial charge in [0.05, 0.1) is 11.8 Å². The highest BCUT2D eigenvalue weighted by molar-refractivity contribution is 7.80. The molecule has 0 aliphatic heterocycles. The van der Waals surface area contributed by atoms with Crippen LogP contribution in [-0.2, 0) is 7.05 Å². The molecule has 0 saturated heterocycles. The molecule has 18 heavy (non-hydrogen) atoms. The van der Waals surface area contributed by atoms with Gasteiger partial charge in [0.1, 0.15) is 10.8 Å². The lowest BCUT2D eigenvalue weighted by Gasteiger charge is -2.02. The van der Waals surface area contributed by atoms with Crippen LogP contribution >= 0.6 is 12.2 Å². The van der Waals surface area contributed by atoms with Crippen molar-refractivity contribution in [2.75, 3.05) is 5.32 Å². The molecule has 4 N–H and O–H groups in total. The number of nitrogens with two attached hydrogens (primary N) is 1. The Morgan fingerprint density at radius 3 is 2.89 bits per heavy atom. The number of H-pyrrole nitrogens is 1. The summed E-state index contributed by atoms with van der Waals surface area (Å²) in [5.41, 5.74) is 7.20. The monoisotopic (exact) mass is 264 g/mol. The van der Waals surface area contributed by atoms with Gasteiger partial charge in [-0.15, -0.1) is 0 Å². The van der Waals surface area contributed by atoms with Gasteiger partial charge in [0.2, 0.25) is 0 Å². The van der Waals surface area contributed by atoms with Crippen LogP contribution in [0.2, 0.25) is 0 Å². The van der Waals surface area contributed by atoms with Crippen molar-refractivity contribution < 1.29 is 4.79 Å². The third kappa shape index (κ3) is 2.23. The lowest BCUT2D eigenvalue weighted by Crippen LogP contribution is -2.17. The zero-order valence-electron chi connectivity index (χ0n) is 9.89. The van der Waals surface area contributed by atoms with E-state index in [0.29, 0.717) is 17.1 Å². The van der Waals surface area contributed by atoms with Crippen LogP contribution < -0.4 is 11.1 Å². The van der Waals surface area contributed by atoms with Crippen molar-refractivity contribution in [1.82, 2.24) is 20.0 Å². The smallest absolute Gasteiger partial charge is 0.277 e. The largest absolute Gasteiger partial charge is 0.389 e. The maximum atomic E-state index is 11.9. The molecule has 0 fully saturated rings. The van der Waals surface area contributed by atoms with Crippen molar-refractivity contribution in [3.63, 3.8) is 0 Å². The lowest BCUT2D eigenvalue weighted by molar-refractivity contribution is 0.102. The van der Waals surface area contributed by atoms with E-state index in [1.54, 1.807) is 17.8 Å². The minimum atomic E-state index is -0.347. The fourth-order valence-electron chi connectivity index (χ4n) is 1.42. The molecule has 0 saturated carbocycles. The predicted molar refractivity (Wildman–Crippen MR) is 70.4 cm³/mol. The van der Waals surface area contributed by atoms with Crippen molar-refractivity contribution >= 4 is 28.9 Å². The number of aromatic amines is 1. The normalized spacial score (nSPS) is 10.3. The van der Waals surface area contributed by atoms with Gasteiger partial charge in [-0.05, 0) is 13.0 Å². The van der Waals surface area contributed by atoms with Crippen LogP contribution in [0, 0.1) is 6.92 Å². The van der Waals surface area contributed by atoms with Crippen molar-refractivity contribution in [2.45, 2.75) is 6.92 Å². The van der Waals surface area contributed by atoms with E-state index in [-0.39, 0.29) is 10.9 Å². The molecule has 2 rings (SSSR count). The van der Waals surface area contributed by atoms with Gasteiger partial charge in [-0.25, -0.2) is 0 Å². The Labute approximate surface area is 108 Å². The summed E-state index contributed by atoms with van der Waals surface area (Å²) in [5.74, 6) is 0.0243. The number of thiocarbonyl (C=S) groups is 1. The van der Waals surface area contributed by atoms with Gasteiger partial charge in [-0.1, -0.05) is 12.2 Å². The highest BCUT2D eigenvalue weighted by Crippen LogP contribution is 2.12. The Balaban J connectivity index is 2.21. The predicted octanol–water partition coefficient (Wildman–Crippen LogP) is 0.338. The zero-order valence-corrected chi connectivity index (χ0v) is 10.7. The van der Waals surface area contributed by atoms with Crippen molar-refractivity contribution in [1.29, 1.82) is 0 Å². The minimum Gasteiger partial charge on any atom is -0.389 e. The Morgan fingerprint density at radius 2 is 2.33 bits per heavy atom. The SMILES string of the molecule is Cc1cc(C(=O)Nc2[nH]ncc2C(N)=S)nn1C. The van der Waals surface area contributed by atoms with E-state index in [1.807, 2.05) is 6.92 Å². The molecule has 94 valence electrons. The average molecular weight is 264 g/mol. The number of carbonyl (C=O) groups is 1. The second-order valence-corrected chi connectivity index (χ2v) is 4.21. The van der Waals surface area contributed by atoms with Crippen molar-refractivity contribution in [3.8, 4) is 0 Å². The van der Waals surface area contributed by atoms with Gasteiger partial charge in [0.15, 0.2) is 5.69 Å². The molecular formula is C10H12N6OS.